The van der Waals surface area contributed by atoms with Crippen LogP contribution in [0.1, 0.15) is 25.3 Å². The van der Waals surface area contributed by atoms with E-state index >= 15 is 0 Å². The molecule has 0 bridgehead atoms. The van der Waals surface area contributed by atoms with E-state index in [9.17, 15) is 4.79 Å². The number of piperazine rings is 1. The molecule has 5 rings (SSSR count). The van der Waals surface area contributed by atoms with Gasteiger partial charge in [0.15, 0.2) is 23.0 Å². The topological polar surface area (TPSA) is 108 Å². The minimum Gasteiger partial charge on any atom is -0.493 e. The summed E-state index contributed by atoms with van der Waals surface area (Å²) < 4.78 is 28.2. The zero-order valence-electron chi connectivity index (χ0n) is 24.0. The van der Waals surface area contributed by atoms with Crippen LogP contribution in [0.4, 0.5) is 11.5 Å². The molecule has 0 atom stereocenters. The maximum Gasteiger partial charge on any atom is 0.231 e. The number of unbranched alkanes of at least 4 members (excludes halogenated alkanes) is 1. The van der Waals surface area contributed by atoms with Crippen molar-refractivity contribution < 1.29 is 28.5 Å². The van der Waals surface area contributed by atoms with Crippen LogP contribution in [0, 0.1) is 11.8 Å². The number of amides is 1. The number of fused-ring (bicyclic) bond motifs is 2. The Morgan fingerprint density at radius 2 is 1.88 bits per heavy atom. The minimum atomic E-state index is 0.0544. The van der Waals surface area contributed by atoms with Gasteiger partial charge in [0.1, 0.15) is 24.4 Å². The van der Waals surface area contributed by atoms with Crippen LogP contribution < -0.4 is 24.3 Å². The van der Waals surface area contributed by atoms with Gasteiger partial charge >= 0.3 is 0 Å². The van der Waals surface area contributed by atoms with Gasteiger partial charge in [-0.1, -0.05) is 23.4 Å². The van der Waals surface area contributed by atoms with E-state index in [4.69, 9.17) is 35.3 Å². The Kier molecular flexibility index (Phi) is 9.69. The third-order valence-corrected chi connectivity index (χ3v) is 7.44. The summed E-state index contributed by atoms with van der Waals surface area (Å²) in [5.74, 6) is 8.75. The first-order chi connectivity index (χ1) is 20.5. The van der Waals surface area contributed by atoms with E-state index < -0.39 is 0 Å². The van der Waals surface area contributed by atoms with E-state index in [0.29, 0.717) is 57.2 Å². The molecular weight excluding hydrogens is 562 g/mol. The van der Waals surface area contributed by atoms with Crippen molar-refractivity contribution in [1.82, 2.24) is 19.8 Å². The second-order valence-corrected chi connectivity index (χ2v) is 10.3. The van der Waals surface area contributed by atoms with Gasteiger partial charge < -0.3 is 33.9 Å². The summed E-state index contributed by atoms with van der Waals surface area (Å²) >= 11 is 6.66. The quantitative estimate of drug-likeness (QED) is 0.272. The van der Waals surface area contributed by atoms with E-state index in [1.807, 2.05) is 17.0 Å². The second-order valence-electron chi connectivity index (χ2n) is 9.85. The summed E-state index contributed by atoms with van der Waals surface area (Å²) in [6.07, 6.45) is 3.37. The Morgan fingerprint density at radius 1 is 1.07 bits per heavy atom. The molecule has 3 heterocycles. The van der Waals surface area contributed by atoms with Crippen molar-refractivity contribution in [2.24, 2.45) is 0 Å². The molecule has 11 nitrogen and oxygen atoms in total. The van der Waals surface area contributed by atoms with Gasteiger partial charge in [-0.05, 0) is 31.5 Å². The lowest BCUT2D eigenvalue weighted by molar-refractivity contribution is -0.130. The summed E-state index contributed by atoms with van der Waals surface area (Å²) in [6, 6.07) is 5.42. The first-order valence-corrected chi connectivity index (χ1v) is 14.2. The molecule has 0 unspecified atom stereocenters. The van der Waals surface area contributed by atoms with Crippen LogP contribution in [0.3, 0.4) is 0 Å². The second kappa shape index (κ2) is 13.8. The summed E-state index contributed by atoms with van der Waals surface area (Å²) in [4.78, 5) is 24.7. The van der Waals surface area contributed by atoms with Gasteiger partial charge in [-0.2, -0.15) is 0 Å². The van der Waals surface area contributed by atoms with Gasteiger partial charge in [0.25, 0.3) is 0 Å². The molecule has 0 spiro atoms. The molecule has 0 saturated carbocycles. The first kappa shape index (κ1) is 29.5. The van der Waals surface area contributed by atoms with Crippen molar-refractivity contribution in [1.29, 1.82) is 0 Å². The van der Waals surface area contributed by atoms with Crippen molar-refractivity contribution in [2.45, 2.75) is 19.8 Å². The number of carbonyl (C=O) groups is 1. The Balaban J connectivity index is 1.26. The molecule has 0 aliphatic carbocycles. The third-order valence-electron chi connectivity index (χ3n) is 7.14. The number of methoxy groups -OCH3 is 2. The van der Waals surface area contributed by atoms with Crippen molar-refractivity contribution in [2.75, 3.05) is 72.3 Å². The number of halogens is 1. The van der Waals surface area contributed by atoms with E-state index in [1.165, 1.54) is 6.33 Å². The van der Waals surface area contributed by atoms with Crippen molar-refractivity contribution in [3.8, 4) is 34.8 Å². The number of rotatable bonds is 10. The highest BCUT2D eigenvalue weighted by Gasteiger charge is 2.26. The van der Waals surface area contributed by atoms with Crippen LogP contribution in [-0.2, 0) is 9.53 Å². The highest BCUT2D eigenvalue weighted by Crippen LogP contribution is 2.47. The van der Waals surface area contributed by atoms with Crippen LogP contribution in [0.15, 0.2) is 24.5 Å². The molecule has 2 aliphatic heterocycles. The molecule has 12 heteroatoms. The normalized spacial score (nSPS) is 14.4. The summed E-state index contributed by atoms with van der Waals surface area (Å²) in [6.45, 7) is 6.91. The average Bonchev–Trinajstić information content (AvgIpc) is 3.49. The smallest absolute Gasteiger partial charge is 0.231 e. The third kappa shape index (κ3) is 6.73. The van der Waals surface area contributed by atoms with Gasteiger partial charge in [-0.15, -0.1) is 0 Å². The molecular formula is C30H34ClN5O6. The molecule has 222 valence electrons. The van der Waals surface area contributed by atoms with Crippen LogP contribution in [-0.4, -0.2) is 92.6 Å². The lowest BCUT2D eigenvalue weighted by atomic mass is 10.1. The van der Waals surface area contributed by atoms with Gasteiger partial charge in [-0.25, -0.2) is 9.97 Å². The van der Waals surface area contributed by atoms with Crippen molar-refractivity contribution >= 4 is 39.9 Å². The predicted molar refractivity (Wildman–Crippen MR) is 159 cm³/mol. The molecule has 0 radical (unpaired) electrons. The number of nitrogens with zero attached hydrogens (tertiary/aromatic N) is 4. The predicted octanol–water partition coefficient (Wildman–Crippen LogP) is 4.09. The van der Waals surface area contributed by atoms with Crippen LogP contribution >= 0.6 is 11.6 Å². The number of hydrogen-bond donors (Lipinski definition) is 1. The van der Waals surface area contributed by atoms with E-state index in [1.54, 1.807) is 27.2 Å². The van der Waals surface area contributed by atoms with Crippen LogP contribution in [0.2, 0.25) is 5.02 Å². The number of ether oxygens (including phenoxy) is 5. The Hall–Kier alpha value is -3.98. The van der Waals surface area contributed by atoms with Gasteiger partial charge in [-0.3, -0.25) is 9.69 Å². The number of aromatic nitrogens is 2. The van der Waals surface area contributed by atoms with E-state index in [0.717, 1.165) is 51.0 Å². The van der Waals surface area contributed by atoms with Gasteiger partial charge in [0, 0.05) is 51.7 Å². The SMILES string of the molecule is COCC#Cc1cc(Cl)c(Nc2ncnc3cc(OCCCCN4CCN(C(C)=O)CC4)c(OC)cc23)c2c1OCO2. The number of benzene rings is 2. The van der Waals surface area contributed by atoms with Gasteiger partial charge in [0.05, 0.1) is 29.8 Å². The lowest BCUT2D eigenvalue weighted by Crippen LogP contribution is -2.48. The molecule has 2 aliphatic rings. The highest BCUT2D eigenvalue weighted by atomic mass is 35.5. The van der Waals surface area contributed by atoms with E-state index in [-0.39, 0.29) is 19.3 Å². The lowest BCUT2D eigenvalue weighted by Gasteiger charge is -2.34. The molecule has 1 aromatic heterocycles. The van der Waals surface area contributed by atoms with Crippen molar-refractivity contribution in [3.63, 3.8) is 0 Å². The van der Waals surface area contributed by atoms with E-state index in [2.05, 4.69) is 32.0 Å². The largest absolute Gasteiger partial charge is 0.493 e. The fourth-order valence-electron chi connectivity index (χ4n) is 4.91. The van der Waals surface area contributed by atoms with Crippen molar-refractivity contribution in [3.05, 3.63) is 35.1 Å². The number of anilines is 2. The first-order valence-electron chi connectivity index (χ1n) is 13.8. The standard InChI is InChI=1S/C30H34ClN5O6/c1-20(37)36-11-9-35(10-12-36)8-4-5-14-40-26-17-24-22(16-25(26)39-3)30(33-18-32-24)34-27-23(31)15-21(7-6-13-38-2)28-29(27)42-19-41-28/h15-18H,4-5,8-14,19H2,1-3H3,(H,32,33,34). The molecule has 3 aromatic rings. The average molecular weight is 596 g/mol. The fourth-order valence-corrected chi connectivity index (χ4v) is 5.15. The molecule has 1 fully saturated rings. The zero-order valence-corrected chi connectivity index (χ0v) is 24.8. The Bertz CT molecular complexity index is 1500. The summed E-state index contributed by atoms with van der Waals surface area (Å²) in [7, 11) is 3.18. The molecule has 1 amide bonds. The number of hydrogen-bond acceptors (Lipinski definition) is 10. The Morgan fingerprint density at radius 3 is 2.64 bits per heavy atom. The highest BCUT2D eigenvalue weighted by molar-refractivity contribution is 6.34. The fraction of sp³-hybridized carbons (Fsp3) is 0.433. The van der Waals surface area contributed by atoms with Crippen LogP contribution in [0.25, 0.3) is 10.9 Å². The molecule has 1 N–H and O–H groups in total. The monoisotopic (exact) mass is 595 g/mol. The maximum absolute atomic E-state index is 11.5. The minimum absolute atomic E-state index is 0.0544. The summed E-state index contributed by atoms with van der Waals surface area (Å²) in [5, 5.41) is 4.42. The zero-order chi connectivity index (χ0) is 29.5. The molecule has 1 saturated heterocycles. The van der Waals surface area contributed by atoms with Gasteiger partial charge in [0.2, 0.25) is 12.7 Å². The Labute approximate surface area is 250 Å². The number of nitrogens with one attached hydrogen (secondary N) is 1. The summed E-state index contributed by atoms with van der Waals surface area (Å²) in [5.41, 5.74) is 1.81. The molecule has 42 heavy (non-hydrogen) atoms. The maximum atomic E-state index is 11.5. The van der Waals surface area contributed by atoms with Crippen LogP contribution in [0.5, 0.6) is 23.0 Å². The molecule has 2 aromatic carbocycles. The number of carbonyl (C=O) groups excluding carboxylic acids is 1.